The molecule has 6 aromatic carbocycles. The average Bonchev–Trinajstić information content (AvgIpc) is 3.39. The molecule has 0 spiro atoms. The first kappa shape index (κ1) is 56.6. The third-order valence-electron chi connectivity index (χ3n) is 13.5. The predicted octanol–water partition coefficient (Wildman–Crippen LogP) is 16.7. The van der Waals surface area contributed by atoms with Crippen molar-refractivity contribution in [3.63, 3.8) is 0 Å². The van der Waals surface area contributed by atoms with Crippen LogP contribution < -0.4 is 39.7 Å². The normalized spacial score (nSPS) is 12.0. The number of hydrogen-bond donors (Lipinski definition) is 2. The van der Waals surface area contributed by atoms with Gasteiger partial charge < -0.3 is 39.7 Å². The van der Waals surface area contributed by atoms with E-state index in [9.17, 15) is 0 Å². The first-order valence-corrected chi connectivity index (χ1v) is 27.9. The lowest BCUT2D eigenvalue weighted by Crippen LogP contribution is -2.30. The molecule has 2 unspecified atom stereocenters. The van der Waals surface area contributed by atoms with Gasteiger partial charge in [-0.05, 0) is 105 Å². The predicted molar refractivity (Wildman–Crippen MR) is 317 cm³/mol. The molecule has 6 aromatic rings. The zero-order valence-corrected chi connectivity index (χ0v) is 47.2. The number of ether oxygens (including phenoxy) is 2. The molecule has 6 rings (SSSR count). The van der Waals surface area contributed by atoms with Gasteiger partial charge in [-0.3, -0.25) is 0 Å². The summed E-state index contributed by atoms with van der Waals surface area (Å²) in [7, 11) is 8.50. The van der Waals surface area contributed by atoms with Gasteiger partial charge >= 0.3 is 0 Å². The van der Waals surface area contributed by atoms with Gasteiger partial charge in [-0.2, -0.15) is 0 Å². The third-order valence-corrected chi connectivity index (χ3v) is 14.1. The summed E-state index contributed by atoms with van der Waals surface area (Å²) >= 11 is 14.7. The van der Waals surface area contributed by atoms with Crippen LogP contribution in [0.1, 0.15) is 138 Å². The summed E-state index contributed by atoms with van der Waals surface area (Å²) in [6, 6.07) is 42.6. The van der Waals surface area contributed by atoms with Gasteiger partial charge in [0.05, 0.1) is 58.1 Å². The number of nitrogens with zero attached hydrogens (tertiary/aromatic N) is 4. The lowest BCUT2D eigenvalue weighted by Gasteiger charge is -2.35. The molecule has 10 heteroatoms. The molecule has 0 fully saturated rings. The summed E-state index contributed by atoms with van der Waals surface area (Å²) in [5.74, 6) is 1.79. The minimum atomic E-state index is -0.192. The highest BCUT2D eigenvalue weighted by atomic mass is 35.5. The Bertz CT molecular complexity index is 2410. The van der Waals surface area contributed by atoms with E-state index in [1.165, 1.54) is 22.5 Å². The number of rotatable bonds is 30. The molecule has 0 aromatic heterocycles. The molecule has 0 bridgehead atoms. The zero-order valence-electron chi connectivity index (χ0n) is 45.7. The lowest BCUT2D eigenvalue weighted by atomic mass is 9.94. The molecule has 0 aliphatic heterocycles. The smallest absolute Gasteiger partial charge is 0.144 e. The maximum Gasteiger partial charge on any atom is 0.144 e. The van der Waals surface area contributed by atoms with Crippen LogP contribution in [0.5, 0.6) is 11.5 Å². The minimum Gasteiger partial charge on any atom is -0.492 e. The van der Waals surface area contributed by atoms with Gasteiger partial charge in [0.1, 0.15) is 22.9 Å². The van der Waals surface area contributed by atoms with Crippen molar-refractivity contribution in [2.75, 3.05) is 97.8 Å². The third kappa shape index (κ3) is 14.8. The van der Waals surface area contributed by atoms with Crippen molar-refractivity contribution in [1.82, 2.24) is 0 Å². The van der Waals surface area contributed by atoms with Crippen LogP contribution >= 0.6 is 23.2 Å². The second kappa shape index (κ2) is 28.7. The van der Waals surface area contributed by atoms with Crippen LogP contribution in [0.4, 0.5) is 34.1 Å². The Hall–Kier alpha value is -5.70. The Morgan fingerprint density at radius 1 is 0.438 bits per heavy atom. The van der Waals surface area contributed by atoms with Crippen LogP contribution in [0.3, 0.4) is 0 Å². The van der Waals surface area contributed by atoms with Crippen molar-refractivity contribution < 1.29 is 9.47 Å². The van der Waals surface area contributed by atoms with Crippen LogP contribution in [0.15, 0.2) is 121 Å². The molecule has 8 nitrogen and oxygen atoms in total. The molecule has 0 saturated carbocycles. The summed E-state index contributed by atoms with van der Waals surface area (Å²) in [4.78, 5) is 9.60. The highest BCUT2D eigenvalue weighted by molar-refractivity contribution is 6.33. The Morgan fingerprint density at radius 2 is 0.795 bits per heavy atom. The molecule has 0 heterocycles. The van der Waals surface area contributed by atoms with Gasteiger partial charge in [0.2, 0.25) is 0 Å². The fraction of sp³-hybridized carbons (Fsp3) is 0.429. The van der Waals surface area contributed by atoms with Crippen molar-refractivity contribution in [1.29, 1.82) is 0 Å². The summed E-state index contributed by atoms with van der Waals surface area (Å²) in [6.45, 7) is 18.2. The Kier molecular flexibility index (Phi) is 22.2. The minimum absolute atomic E-state index is 0.192. The zero-order chi connectivity index (χ0) is 52.3. The lowest BCUT2D eigenvalue weighted by molar-refractivity contribution is 0.340. The first-order valence-electron chi connectivity index (χ1n) is 27.1. The Labute approximate surface area is 450 Å². The summed E-state index contributed by atoms with van der Waals surface area (Å²) in [5.41, 5.74) is 13.2. The van der Waals surface area contributed by atoms with E-state index >= 15 is 0 Å². The van der Waals surface area contributed by atoms with Crippen LogP contribution in [0.2, 0.25) is 10.0 Å². The maximum atomic E-state index is 7.33. The number of nitrogens with one attached hydrogen (secondary N) is 2. The average molecular weight is 1030 g/mol. The van der Waals surface area contributed by atoms with Gasteiger partial charge in [0.25, 0.3) is 0 Å². The van der Waals surface area contributed by atoms with E-state index < -0.39 is 0 Å². The van der Waals surface area contributed by atoms with Gasteiger partial charge in [-0.25, -0.2) is 0 Å². The molecule has 0 saturated heterocycles. The molecular formula is C63H84Cl2N6O2. The van der Waals surface area contributed by atoms with Crippen LogP contribution in [0, 0.1) is 0 Å². The highest BCUT2D eigenvalue weighted by Gasteiger charge is 2.30. The van der Waals surface area contributed by atoms with E-state index in [1.807, 2.05) is 0 Å². The molecule has 2 N–H and O–H groups in total. The number of anilines is 6. The SMILES string of the molecule is CCCCN(CCCC)c1c(C(Nc2ccc(Cc3ccc(NC(c4ccccc4)c4ccc(OCC)c(N(C)C)c4N(CCCC)CCCC)c(Cl)c3)cc2Cl)c2ccccc2)ccc(OCC)c1N(C)C. The first-order chi connectivity index (χ1) is 35.5. The molecule has 73 heavy (non-hydrogen) atoms. The van der Waals surface area contributed by atoms with Crippen molar-refractivity contribution in [2.24, 2.45) is 0 Å². The van der Waals surface area contributed by atoms with E-state index in [2.05, 4.69) is 221 Å². The van der Waals surface area contributed by atoms with Crippen molar-refractivity contribution in [3.05, 3.63) is 165 Å². The van der Waals surface area contributed by atoms with Gasteiger partial charge in [0.15, 0.2) is 0 Å². The van der Waals surface area contributed by atoms with Crippen molar-refractivity contribution in [3.8, 4) is 11.5 Å². The molecule has 0 aliphatic rings. The highest BCUT2D eigenvalue weighted by Crippen LogP contribution is 2.48. The summed E-state index contributed by atoms with van der Waals surface area (Å²) < 4.78 is 12.7. The fourth-order valence-corrected chi connectivity index (χ4v) is 10.4. The number of unbranched alkanes of at least 4 members (excludes halogenated alkanes) is 4. The van der Waals surface area contributed by atoms with E-state index in [-0.39, 0.29) is 12.1 Å². The molecule has 0 radical (unpaired) electrons. The van der Waals surface area contributed by atoms with E-state index in [0.717, 1.165) is 134 Å². The quantitative estimate of drug-likeness (QED) is 0.0463. The second-order valence-corrected chi connectivity index (χ2v) is 20.3. The topological polar surface area (TPSA) is 55.5 Å². The molecular weight excluding hydrogens is 944 g/mol. The van der Waals surface area contributed by atoms with Crippen LogP contribution in [0.25, 0.3) is 0 Å². The Morgan fingerprint density at radius 3 is 1.10 bits per heavy atom. The van der Waals surface area contributed by atoms with Gasteiger partial charge in [-0.15, -0.1) is 0 Å². The number of halogens is 2. The molecule has 2 atom stereocenters. The standard InChI is InChI=1S/C63H84Cl2N6O2/c1-11-17-39-70(40-18-12-2)60-50(33-37-56(72-15-5)62(60)68(7)8)58(48-27-23-21-24-28-48)66-54-35-31-46(44-52(54)64)43-47-32-36-55(53(65)45-47)67-59(49-29-25-22-26-30-49)51-34-38-57(73-16-6)63(69(9)10)61(51)71(41-19-13-3)42-20-14-4/h21-38,44-45,58-59,66-67H,11-20,39-43H2,1-10H3. The number of benzene rings is 6. The molecule has 392 valence electrons. The largest absolute Gasteiger partial charge is 0.492 e. The Balaban J connectivity index is 1.34. The summed E-state index contributed by atoms with van der Waals surface area (Å²) in [5, 5.41) is 9.22. The van der Waals surface area contributed by atoms with Crippen molar-refractivity contribution >= 4 is 57.3 Å². The maximum absolute atomic E-state index is 7.33. The van der Waals surface area contributed by atoms with E-state index in [4.69, 9.17) is 32.7 Å². The molecule has 0 amide bonds. The summed E-state index contributed by atoms with van der Waals surface area (Å²) in [6.07, 6.45) is 9.54. The fourth-order valence-electron chi connectivity index (χ4n) is 9.85. The van der Waals surface area contributed by atoms with Crippen LogP contribution in [-0.2, 0) is 6.42 Å². The second-order valence-electron chi connectivity index (χ2n) is 19.5. The van der Waals surface area contributed by atoms with E-state index in [0.29, 0.717) is 29.7 Å². The van der Waals surface area contributed by atoms with Gasteiger partial charge in [-0.1, -0.05) is 162 Å². The van der Waals surface area contributed by atoms with Crippen LogP contribution in [-0.4, -0.2) is 67.6 Å². The number of hydrogen-bond acceptors (Lipinski definition) is 8. The van der Waals surface area contributed by atoms with Gasteiger partial charge in [0, 0.05) is 65.5 Å². The molecule has 0 aliphatic carbocycles. The van der Waals surface area contributed by atoms with E-state index in [1.54, 1.807) is 0 Å². The monoisotopic (exact) mass is 1030 g/mol. The van der Waals surface area contributed by atoms with Crippen molar-refractivity contribution in [2.45, 2.75) is 111 Å².